The van der Waals surface area contributed by atoms with Crippen molar-refractivity contribution in [3.05, 3.63) is 128 Å². The van der Waals surface area contributed by atoms with E-state index >= 15 is 0 Å². The molecule has 0 amide bonds. The molecule has 5 rings (SSSR count). The summed E-state index contributed by atoms with van der Waals surface area (Å²) in [7, 11) is 1.54. The number of hydrogen-bond donors (Lipinski definition) is 0. The highest BCUT2D eigenvalue weighted by Gasteiger charge is 2.34. The van der Waals surface area contributed by atoms with Gasteiger partial charge < -0.3 is 14.2 Å². The molecule has 0 bridgehead atoms. The van der Waals surface area contributed by atoms with Crippen LogP contribution < -0.4 is 24.4 Å². The fraction of sp³-hybridized carbons (Fsp3) is 0.219. The van der Waals surface area contributed by atoms with Crippen molar-refractivity contribution in [2.45, 2.75) is 33.4 Å². The van der Waals surface area contributed by atoms with Crippen LogP contribution in [0, 0.1) is 17.0 Å². The molecule has 0 aliphatic carbocycles. The van der Waals surface area contributed by atoms with Crippen LogP contribution in [0.3, 0.4) is 0 Å². The van der Waals surface area contributed by atoms with Crippen LogP contribution in [-0.2, 0) is 16.1 Å². The Morgan fingerprint density at radius 2 is 1.91 bits per heavy atom. The minimum Gasteiger partial charge on any atom is -0.493 e. The zero-order chi connectivity index (χ0) is 31.5. The fourth-order valence-corrected chi connectivity index (χ4v) is 6.57. The van der Waals surface area contributed by atoms with E-state index in [4.69, 9.17) is 14.2 Å². The Bertz CT molecular complexity index is 1980. The normalized spacial score (nSPS) is 14.6. The highest BCUT2D eigenvalue weighted by molar-refractivity contribution is 9.10. The third kappa shape index (κ3) is 6.08. The number of carbonyl (C=O) groups excluding carboxylic acids is 1. The van der Waals surface area contributed by atoms with Gasteiger partial charge in [0, 0.05) is 11.6 Å². The fourth-order valence-electron chi connectivity index (χ4n) is 4.94. The predicted molar refractivity (Wildman–Crippen MR) is 170 cm³/mol. The predicted octanol–water partition coefficient (Wildman–Crippen LogP) is 5.37. The number of aryl methyl sites for hydroxylation is 1. The molecule has 0 saturated heterocycles. The molecular weight excluding hydrogens is 650 g/mol. The second-order valence-corrected chi connectivity index (χ2v) is 11.8. The standard InChI is InChI=1S/C32H28BrN3O7S/c1-5-42-31(38)27-19(3)34-32-35(28(27)22-12-11-18(2)24(16-22)36(39)40)30(37)26(44-32)15-21-13-23(33)29(25(14-21)41-4)43-17-20-9-7-6-8-10-20/h6-16,28H,5,17H2,1-4H3/b26-15+/t28-/m0/s1. The number of thiazole rings is 1. The lowest BCUT2D eigenvalue weighted by atomic mass is 9.94. The highest BCUT2D eigenvalue weighted by atomic mass is 79.9. The van der Waals surface area contributed by atoms with Gasteiger partial charge in [-0.05, 0) is 71.6 Å². The SMILES string of the molecule is CCOC(=O)C1=C(C)N=c2s/c(=C/c3cc(Br)c(OCc4ccccc4)c(OC)c3)c(=O)n2[C@H]1c1ccc(C)c([N+](=O)[O-])c1. The van der Waals surface area contributed by atoms with Crippen LogP contribution in [0.15, 0.2) is 86.2 Å². The zero-order valence-electron chi connectivity index (χ0n) is 24.3. The van der Waals surface area contributed by atoms with Crippen LogP contribution in [0.5, 0.6) is 11.5 Å². The number of methoxy groups -OCH3 is 1. The number of nitro groups is 1. The van der Waals surface area contributed by atoms with Gasteiger partial charge in [-0.15, -0.1) is 0 Å². The van der Waals surface area contributed by atoms with E-state index in [9.17, 15) is 19.7 Å². The molecule has 0 saturated carbocycles. The molecule has 4 aromatic rings. The molecule has 1 atom stereocenters. The summed E-state index contributed by atoms with van der Waals surface area (Å²) in [5, 5.41) is 11.8. The molecule has 12 heteroatoms. The van der Waals surface area contributed by atoms with E-state index in [0.717, 1.165) is 16.9 Å². The number of halogens is 1. The monoisotopic (exact) mass is 677 g/mol. The van der Waals surface area contributed by atoms with Gasteiger partial charge in [-0.1, -0.05) is 53.8 Å². The lowest BCUT2D eigenvalue weighted by Crippen LogP contribution is -2.40. The van der Waals surface area contributed by atoms with Gasteiger partial charge in [-0.3, -0.25) is 19.5 Å². The van der Waals surface area contributed by atoms with Gasteiger partial charge >= 0.3 is 5.97 Å². The average Bonchev–Trinajstić information content (AvgIpc) is 3.30. The van der Waals surface area contributed by atoms with Crippen molar-refractivity contribution in [2.75, 3.05) is 13.7 Å². The Kier molecular flexibility index (Phi) is 9.12. The highest BCUT2D eigenvalue weighted by Crippen LogP contribution is 2.38. The zero-order valence-corrected chi connectivity index (χ0v) is 26.7. The Morgan fingerprint density at radius 1 is 1.16 bits per heavy atom. The van der Waals surface area contributed by atoms with Crippen molar-refractivity contribution in [3.8, 4) is 11.5 Å². The molecule has 226 valence electrons. The van der Waals surface area contributed by atoms with E-state index in [1.54, 1.807) is 45.0 Å². The minimum atomic E-state index is -0.971. The summed E-state index contributed by atoms with van der Waals surface area (Å²) in [6.45, 7) is 5.43. The van der Waals surface area contributed by atoms with E-state index in [1.807, 2.05) is 36.4 Å². The maximum Gasteiger partial charge on any atom is 0.338 e. The molecule has 0 radical (unpaired) electrons. The van der Waals surface area contributed by atoms with Gasteiger partial charge in [-0.25, -0.2) is 9.79 Å². The van der Waals surface area contributed by atoms with Crippen LogP contribution >= 0.6 is 27.3 Å². The molecule has 1 aliphatic rings. The number of rotatable bonds is 9. The first kappa shape index (κ1) is 30.9. The number of hydrogen-bond acceptors (Lipinski definition) is 9. The lowest BCUT2D eigenvalue weighted by molar-refractivity contribution is -0.385. The van der Waals surface area contributed by atoms with Crippen molar-refractivity contribution in [1.29, 1.82) is 0 Å². The molecule has 10 nitrogen and oxygen atoms in total. The van der Waals surface area contributed by atoms with Gasteiger partial charge in [0.25, 0.3) is 11.2 Å². The average molecular weight is 679 g/mol. The molecule has 0 spiro atoms. The summed E-state index contributed by atoms with van der Waals surface area (Å²) in [6, 6.07) is 17.0. The summed E-state index contributed by atoms with van der Waals surface area (Å²) in [5.41, 5.74) is 2.51. The second kappa shape index (κ2) is 13.0. The number of fused-ring (bicyclic) bond motifs is 1. The summed E-state index contributed by atoms with van der Waals surface area (Å²) >= 11 is 4.73. The molecular formula is C32H28BrN3O7S. The Labute approximate surface area is 264 Å². The molecule has 3 aromatic carbocycles. The van der Waals surface area contributed by atoms with Crippen LogP contribution in [0.1, 0.15) is 42.1 Å². The molecule has 0 N–H and O–H groups in total. The number of allylic oxidation sites excluding steroid dienone is 1. The minimum absolute atomic E-state index is 0.114. The van der Waals surface area contributed by atoms with Gasteiger partial charge in [0.1, 0.15) is 6.61 Å². The van der Waals surface area contributed by atoms with Crippen molar-refractivity contribution in [3.63, 3.8) is 0 Å². The first-order chi connectivity index (χ1) is 21.1. The van der Waals surface area contributed by atoms with Crippen LogP contribution in [-0.4, -0.2) is 29.2 Å². The topological polar surface area (TPSA) is 122 Å². The lowest BCUT2D eigenvalue weighted by Gasteiger charge is -2.24. The maximum absolute atomic E-state index is 14.0. The van der Waals surface area contributed by atoms with E-state index < -0.39 is 22.5 Å². The maximum atomic E-state index is 14.0. The second-order valence-electron chi connectivity index (χ2n) is 9.91. The summed E-state index contributed by atoms with van der Waals surface area (Å²) < 4.78 is 19.4. The molecule has 44 heavy (non-hydrogen) atoms. The largest absolute Gasteiger partial charge is 0.493 e. The Morgan fingerprint density at radius 3 is 2.59 bits per heavy atom. The van der Waals surface area contributed by atoms with E-state index in [1.165, 1.54) is 17.7 Å². The van der Waals surface area contributed by atoms with Gasteiger partial charge in [0.15, 0.2) is 16.3 Å². The van der Waals surface area contributed by atoms with Gasteiger partial charge in [-0.2, -0.15) is 0 Å². The quantitative estimate of drug-likeness (QED) is 0.133. The van der Waals surface area contributed by atoms with E-state index in [-0.39, 0.29) is 17.9 Å². The third-order valence-electron chi connectivity index (χ3n) is 7.04. The molecule has 1 aliphatic heterocycles. The first-order valence-corrected chi connectivity index (χ1v) is 15.2. The van der Waals surface area contributed by atoms with Gasteiger partial charge in [0.2, 0.25) is 0 Å². The molecule has 1 aromatic heterocycles. The number of carbonyl (C=O) groups is 1. The van der Waals surface area contributed by atoms with Crippen molar-refractivity contribution < 1.29 is 23.9 Å². The van der Waals surface area contributed by atoms with Crippen LogP contribution in [0.2, 0.25) is 0 Å². The number of nitrogens with zero attached hydrogens (tertiary/aromatic N) is 3. The van der Waals surface area contributed by atoms with Crippen molar-refractivity contribution >= 4 is 45.0 Å². The number of nitro benzene ring substituents is 1. The number of aromatic nitrogens is 1. The molecule has 0 fully saturated rings. The number of ether oxygens (including phenoxy) is 3. The first-order valence-electron chi connectivity index (χ1n) is 13.6. The number of benzene rings is 3. The summed E-state index contributed by atoms with van der Waals surface area (Å²) in [4.78, 5) is 43.4. The Balaban J connectivity index is 1.62. The third-order valence-corrected chi connectivity index (χ3v) is 8.61. The molecule has 2 heterocycles. The van der Waals surface area contributed by atoms with E-state index in [0.29, 0.717) is 54.3 Å². The van der Waals surface area contributed by atoms with Crippen molar-refractivity contribution in [2.24, 2.45) is 4.99 Å². The van der Waals surface area contributed by atoms with Gasteiger partial charge in [0.05, 0.1) is 45.0 Å². The smallest absolute Gasteiger partial charge is 0.338 e. The molecule has 0 unspecified atom stereocenters. The van der Waals surface area contributed by atoms with Crippen LogP contribution in [0.25, 0.3) is 6.08 Å². The summed E-state index contributed by atoms with van der Waals surface area (Å²) in [5.74, 6) is 0.348. The number of esters is 1. The van der Waals surface area contributed by atoms with Crippen molar-refractivity contribution in [1.82, 2.24) is 4.57 Å². The Hall–Kier alpha value is -4.55. The summed E-state index contributed by atoms with van der Waals surface area (Å²) in [6.07, 6.45) is 1.70. The van der Waals surface area contributed by atoms with E-state index in [2.05, 4.69) is 20.9 Å². The van der Waals surface area contributed by atoms with Crippen LogP contribution in [0.4, 0.5) is 5.69 Å².